The Morgan fingerprint density at radius 1 is 1.33 bits per heavy atom. The van der Waals surface area contributed by atoms with Crippen molar-refractivity contribution in [2.45, 2.75) is 65.9 Å². The van der Waals surface area contributed by atoms with Gasteiger partial charge in [0.15, 0.2) is 11.6 Å². The van der Waals surface area contributed by atoms with Gasteiger partial charge < -0.3 is 5.11 Å². The molecule has 1 N–H and O–H groups in total. The topological polar surface area (TPSA) is 54.4 Å². The van der Waals surface area contributed by atoms with Crippen LogP contribution in [0.5, 0.6) is 0 Å². The Hall–Kier alpha value is -1.48. The van der Waals surface area contributed by atoms with Gasteiger partial charge >= 0.3 is 0 Å². The summed E-state index contributed by atoms with van der Waals surface area (Å²) in [4.78, 5) is 23.9. The fraction of sp³-hybridized carbons (Fsp3) is 0.556. The number of aliphatic hydroxyl groups is 1. The van der Waals surface area contributed by atoms with Crippen molar-refractivity contribution in [2.75, 3.05) is 0 Å². The van der Waals surface area contributed by atoms with E-state index in [1.807, 2.05) is 13.0 Å². The van der Waals surface area contributed by atoms with Gasteiger partial charge in [-0.05, 0) is 59.5 Å². The molecule has 0 radical (unpaired) electrons. The van der Waals surface area contributed by atoms with E-state index in [-0.39, 0.29) is 11.6 Å². The summed E-state index contributed by atoms with van der Waals surface area (Å²) in [7, 11) is 0. The lowest BCUT2D eigenvalue weighted by atomic mass is 9.85. The second-order valence-electron chi connectivity index (χ2n) is 6.23. The molecule has 0 aromatic rings. The minimum Gasteiger partial charge on any atom is -0.390 e. The van der Waals surface area contributed by atoms with Gasteiger partial charge in [-0.25, -0.2) is 0 Å². The lowest BCUT2D eigenvalue weighted by Gasteiger charge is -2.23. The maximum atomic E-state index is 12.0. The van der Waals surface area contributed by atoms with Gasteiger partial charge in [0.25, 0.3) is 0 Å². The third-order valence-electron chi connectivity index (χ3n) is 4.16. The second kappa shape index (κ2) is 6.99. The molecule has 0 aromatic carbocycles. The Labute approximate surface area is 127 Å². The van der Waals surface area contributed by atoms with Crippen LogP contribution in [0.15, 0.2) is 34.4 Å². The van der Waals surface area contributed by atoms with E-state index >= 15 is 0 Å². The summed E-state index contributed by atoms with van der Waals surface area (Å²) in [5.41, 5.74) is 1.95. The molecule has 0 spiro atoms. The number of ketones is 2. The van der Waals surface area contributed by atoms with Crippen molar-refractivity contribution in [1.82, 2.24) is 0 Å². The molecule has 0 saturated carbocycles. The first-order valence-electron chi connectivity index (χ1n) is 7.53. The fourth-order valence-electron chi connectivity index (χ4n) is 2.31. The molecule has 0 bridgehead atoms. The first-order valence-corrected chi connectivity index (χ1v) is 7.53. The van der Waals surface area contributed by atoms with Gasteiger partial charge in [-0.1, -0.05) is 18.6 Å². The van der Waals surface area contributed by atoms with Crippen LogP contribution in [0, 0.1) is 0 Å². The summed E-state index contributed by atoms with van der Waals surface area (Å²) in [6.45, 7) is 9.25. The fourth-order valence-corrected chi connectivity index (χ4v) is 2.31. The van der Waals surface area contributed by atoms with Crippen LogP contribution in [-0.2, 0) is 9.59 Å². The van der Waals surface area contributed by atoms with E-state index in [9.17, 15) is 14.7 Å². The molecule has 0 saturated heterocycles. The van der Waals surface area contributed by atoms with Crippen molar-refractivity contribution in [3.8, 4) is 0 Å². The highest BCUT2D eigenvalue weighted by Gasteiger charge is 2.26. The maximum Gasteiger partial charge on any atom is 0.184 e. The zero-order chi connectivity index (χ0) is 16.2. The Bertz CT molecular complexity index is 531. The third-order valence-corrected chi connectivity index (χ3v) is 4.16. The van der Waals surface area contributed by atoms with Crippen LogP contribution in [0.4, 0.5) is 0 Å². The van der Waals surface area contributed by atoms with Crippen molar-refractivity contribution in [2.24, 2.45) is 0 Å². The van der Waals surface area contributed by atoms with Crippen LogP contribution >= 0.6 is 0 Å². The highest BCUT2D eigenvalue weighted by atomic mass is 16.3. The Morgan fingerprint density at radius 3 is 2.52 bits per heavy atom. The molecule has 0 heterocycles. The number of rotatable bonds is 6. The number of hydrogen-bond donors (Lipinski definition) is 1. The minimum atomic E-state index is -0.858. The monoisotopic (exact) mass is 290 g/mol. The van der Waals surface area contributed by atoms with E-state index in [4.69, 9.17) is 0 Å². The van der Waals surface area contributed by atoms with Crippen molar-refractivity contribution in [3.63, 3.8) is 0 Å². The van der Waals surface area contributed by atoms with Crippen molar-refractivity contribution < 1.29 is 14.7 Å². The molecule has 0 aliphatic heterocycles. The van der Waals surface area contributed by atoms with Crippen LogP contribution in [-0.4, -0.2) is 22.3 Å². The van der Waals surface area contributed by atoms with Crippen molar-refractivity contribution >= 4 is 11.6 Å². The van der Waals surface area contributed by atoms with E-state index in [1.54, 1.807) is 20.8 Å². The van der Waals surface area contributed by atoms with Gasteiger partial charge in [-0.3, -0.25) is 9.59 Å². The summed E-state index contributed by atoms with van der Waals surface area (Å²) >= 11 is 0. The first-order chi connectivity index (χ1) is 9.68. The van der Waals surface area contributed by atoms with Gasteiger partial charge in [0, 0.05) is 16.7 Å². The SMILES string of the molecule is CC/C(C)=C/CC(C)(O)CCC1=C(C)C(=O)C(C)=CC1=O. The summed E-state index contributed by atoms with van der Waals surface area (Å²) in [5.74, 6) is -0.161. The lowest BCUT2D eigenvalue weighted by molar-refractivity contribution is -0.116. The Morgan fingerprint density at radius 2 is 1.95 bits per heavy atom. The molecular formula is C18H26O3. The van der Waals surface area contributed by atoms with Crippen LogP contribution in [0.3, 0.4) is 0 Å². The molecule has 21 heavy (non-hydrogen) atoms. The highest BCUT2D eigenvalue weighted by molar-refractivity contribution is 6.22. The summed E-state index contributed by atoms with van der Waals surface area (Å²) in [6, 6.07) is 0. The molecule has 1 unspecified atom stereocenters. The second-order valence-corrected chi connectivity index (χ2v) is 6.23. The van der Waals surface area contributed by atoms with E-state index in [0.29, 0.717) is 36.0 Å². The van der Waals surface area contributed by atoms with Crippen LogP contribution in [0.2, 0.25) is 0 Å². The smallest absolute Gasteiger partial charge is 0.184 e. The molecule has 3 heteroatoms. The van der Waals surface area contributed by atoms with Crippen LogP contribution in [0.1, 0.15) is 60.3 Å². The summed E-state index contributed by atoms with van der Waals surface area (Å²) < 4.78 is 0. The van der Waals surface area contributed by atoms with Gasteiger partial charge in [0.2, 0.25) is 0 Å². The van der Waals surface area contributed by atoms with E-state index in [2.05, 4.69) is 6.92 Å². The molecule has 0 fully saturated rings. The number of allylic oxidation sites excluding steroid dienone is 5. The molecule has 0 amide bonds. The number of carbonyl (C=O) groups is 2. The largest absolute Gasteiger partial charge is 0.390 e. The molecule has 3 nitrogen and oxygen atoms in total. The average Bonchev–Trinajstić information content (AvgIpc) is 2.42. The van der Waals surface area contributed by atoms with Crippen LogP contribution < -0.4 is 0 Å². The molecule has 1 aliphatic rings. The quantitative estimate of drug-likeness (QED) is 0.599. The van der Waals surface area contributed by atoms with E-state index < -0.39 is 5.60 Å². The molecule has 1 aliphatic carbocycles. The van der Waals surface area contributed by atoms with Gasteiger partial charge in [-0.15, -0.1) is 0 Å². The van der Waals surface area contributed by atoms with E-state index in [0.717, 1.165) is 6.42 Å². The minimum absolute atomic E-state index is 0.0639. The predicted octanol–water partition coefficient (Wildman–Crippen LogP) is 3.68. The molecule has 0 aromatic heterocycles. The van der Waals surface area contributed by atoms with E-state index in [1.165, 1.54) is 11.6 Å². The number of hydrogen-bond acceptors (Lipinski definition) is 3. The molecule has 116 valence electrons. The summed E-state index contributed by atoms with van der Waals surface area (Å²) in [6.07, 6.45) is 5.89. The molecule has 1 atom stereocenters. The van der Waals surface area contributed by atoms with Crippen LogP contribution in [0.25, 0.3) is 0 Å². The van der Waals surface area contributed by atoms with Crippen molar-refractivity contribution in [3.05, 3.63) is 34.4 Å². The molecular weight excluding hydrogens is 264 g/mol. The average molecular weight is 290 g/mol. The Balaban J connectivity index is 2.74. The van der Waals surface area contributed by atoms with Gasteiger partial charge in [-0.2, -0.15) is 0 Å². The lowest BCUT2D eigenvalue weighted by Crippen LogP contribution is -2.25. The predicted molar refractivity (Wildman–Crippen MR) is 85.0 cm³/mol. The zero-order valence-electron chi connectivity index (χ0n) is 13.7. The van der Waals surface area contributed by atoms with Gasteiger partial charge in [0.1, 0.15) is 0 Å². The zero-order valence-corrected chi connectivity index (χ0v) is 13.7. The highest BCUT2D eigenvalue weighted by Crippen LogP contribution is 2.27. The maximum absolute atomic E-state index is 12.0. The third kappa shape index (κ3) is 4.78. The first kappa shape index (κ1) is 17.6. The summed E-state index contributed by atoms with van der Waals surface area (Å²) in [5, 5.41) is 10.4. The number of Topliss-reactive ketones (excluding diaryl/α,β-unsaturated/α-hetero) is 1. The van der Waals surface area contributed by atoms with Gasteiger partial charge in [0.05, 0.1) is 5.60 Å². The normalized spacial score (nSPS) is 19.7. The molecule has 1 rings (SSSR count). The Kier molecular flexibility index (Phi) is 5.85. The standard InChI is InChI=1S/C18H26O3/c1-6-12(2)7-9-18(5,21)10-8-15-14(4)17(20)13(3)11-16(15)19/h7,11,21H,6,8-10H2,1-5H3/b12-7+. The van der Waals surface area contributed by atoms with Crippen molar-refractivity contribution in [1.29, 1.82) is 0 Å². The number of carbonyl (C=O) groups excluding carboxylic acids is 2.